The first kappa shape index (κ1) is 21.9. The topological polar surface area (TPSA) is 98.9 Å². The van der Waals surface area contributed by atoms with Gasteiger partial charge in [-0.3, -0.25) is 4.79 Å². The molecule has 0 bridgehead atoms. The van der Waals surface area contributed by atoms with Crippen LogP contribution >= 0.6 is 0 Å². The van der Waals surface area contributed by atoms with E-state index in [-0.39, 0.29) is 12.6 Å². The zero-order valence-electron chi connectivity index (χ0n) is 14.8. The van der Waals surface area contributed by atoms with Gasteiger partial charge in [0.15, 0.2) is 0 Å². The lowest BCUT2D eigenvalue weighted by Gasteiger charge is -2.16. The second kappa shape index (κ2) is 12.4. The van der Waals surface area contributed by atoms with Gasteiger partial charge in [-0.1, -0.05) is 30.3 Å². The number of hydrogen-bond donors (Lipinski definition) is 2. The van der Waals surface area contributed by atoms with Crippen molar-refractivity contribution < 1.29 is 24.2 Å². The number of benzene rings is 1. The molecule has 1 rings (SSSR count). The summed E-state index contributed by atoms with van der Waals surface area (Å²) in [5, 5.41) is 8.54. The van der Waals surface area contributed by atoms with Crippen molar-refractivity contribution in [1.82, 2.24) is 0 Å². The van der Waals surface area contributed by atoms with E-state index in [1.807, 2.05) is 30.3 Å². The van der Waals surface area contributed by atoms with E-state index in [0.717, 1.165) is 18.4 Å². The Morgan fingerprint density at radius 2 is 1.75 bits per heavy atom. The van der Waals surface area contributed by atoms with Crippen molar-refractivity contribution in [1.29, 1.82) is 0 Å². The molecule has 0 aliphatic heterocycles. The predicted molar refractivity (Wildman–Crippen MR) is 92.5 cm³/mol. The maximum Gasteiger partial charge on any atom is 0.405 e. The number of primary amides is 1. The summed E-state index contributed by atoms with van der Waals surface area (Å²) in [6.07, 6.45) is 1.83. The van der Waals surface area contributed by atoms with Crippen molar-refractivity contribution in [2.24, 2.45) is 5.73 Å². The van der Waals surface area contributed by atoms with Gasteiger partial charge in [0.2, 0.25) is 0 Å². The first-order chi connectivity index (χ1) is 11.2. The molecule has 0 heterocycles. The molecule has 0 spiro atoms. The monoisotopic (exact) mass is 339 g/mol. The molecule has 0 aromatic heterocycles. The van der Waals surface area contributed by atoms with Gasteiger partial charge in [-0.25, -0.2) is 4.79 Å². The minimum Gasteiger partial charge on any atom is -0.466 e. The second-order valence-electron chi connectivity index (χ2n) is 6.17. The number of aliphatic hydroxyl groups excluding tert-OH is 1. The summed E-state index contributed by atoms with van der Waals surface area (Å²) in [5.41, 5.74) is 5.41. The third kappa shape index (κ3) is 14.8. The lowest BCUT2D eigenvalue weighted by Crippen LogP contribution is -2.27. The van der Waals surface area contributed by atoms with Crippen LogP contribution < -0.4 is 5.73 Å². The van der Waals surface area contributed by atoms with Gasteiger partial charge in [-0.15, -0.1) is 0 Å². The van der Waals surface area contributed by atoms with E-state index in [0.29, 0.717) is 19.4 Å². The maximum absolute atomic E-state index is 11.3. The Balaban J connectivity index is 0.000000561. The average molecular weight is 339 g/mol. The van der Waals surface area contributed by atoms with E-state index in [9.17, 15) is 9.59 Å². The van der Waals surface area contributed by atoms with Crippen molar-refractivity contribution in [3.05, 3.63) is 35.9 Å². The van der Waals surface area contributed by atoms with Crippen LogP contribution in [0.5, 0.6) is 0 Å². The third-order valence-corrected chi connectivity index (χ3v) is 2.68. The van der Waals surface area contributed by atoms with E-state index in [2.05, 4.69) is 4.74 Å². The highest BCUT2D eigenvalue weighted by molar-refractivity contribution is 5.69. The fourth-order valence-corrected chi connectivity index (χ4v) is 1.66. The summed E-state index contributed by atoms with van der Waals surface area (Å²) >= 11 is 0. The highest BCUT2D eigenvalue weighted by Gasteiger charge is 2.12. The molecule has 6 heteroatoms. The van der Waals surface area contributed by atoms with Crippen molar-refractivity contribution >= 4 is 12.1 Å². The number of aliphatic hydroxyl groups is 1. The molecule has 0 unspecified atom stereocenters. The molecule has 0 aliphatic rings. The number of rotatable bonds is 7. The molecular weight excluding hydrogens is 310 g/mol. The number of aryl methyl sites for hydroxylation is 1. The summed E-state index contributed by atoms with van der Waals surface area (Å²) in [7, 11) is 0. The summed E-state index contributed by atoms with van der Waals surface area (Å²) in [4.78, 5) is 21.3. The molecule has 1 amide bonds. The maximum atomic E-state index is 11.3. The van der Waals surface area contributed by atoms with Gasteiger partial charge < -0.3 is 20.3 Å². The minimum absolute atomic E-state index is 0.154. The van der Waals surface area contributed by atoms with Crippen LogP contribution in [0, 0.1) is 0 Å². The van der Waals surface area contributed by atoms with Gasteiger partial charge in [0, 0.05) is 13.0 Å². The number of carbonyl (C=O) groups is 2. The Morgan fingerprint density at radius 3 is 2.21 bits per heavy atom. The number of amides is 1. The first-order valence-corrected chi connectivity index (χ1v) is 8.03. The lowest BCUT2D eigenvalue weighted by atomic mass is 10.1. The van der Waals surface area contributed by atoms with E-state index in [4.69, 9.17) is 15.6 Å². The lowest BCUT2D eigenvalue weighted by molar-refractivity contribution is -0.143. The van der Waals surface area contributed by atoms with Crippen LogP contribution in [-0.4, -0.2) is 36.0 Å². The van der Waals surface area contributed by atoms with Gasteiger partial charge in [-0.05, 0) is 45.6 Å². The SMILES string of the molecule is CC(C)(C)OC(N)=O.O=C(CCc1ccccc1)OCCCCO. The fraction of sp³-hybridized carbons (Fsp3) is 0.556. The molecule has 6 nitrogen and oxygen atoms in total. The van der Waals surface area contributed by atoms with E-state index < -0.39 is 11.7 Å². The van der Waals surface area contributed by atoms with Crippen molar-refractivity contribution in [3.8, 4) is 0 Å². The summed E-state index contributed by atoms with van der Waals surface area (Å²) < 4.78 is 9.59. The van der Waals surface area contributed by atoms with Crippen molar-refractivity contribution in [2.75, 3.05) is 13.2 Å². The van der Waals surface area contributed by atoms with Crippen LogP contribution in [0.1, 0.15) is 45.6 Å². The Bertz CT molecular complexity index is 468. The quantitative estimate of drug-likeness (QED) is 0.588. The van der Waals surface area contributed by atoms with Crippen LogP contribution in [-0.2, 0) is 20.7 Å². The highest BCUT2D eigenvalue weighted by atomic mass is 16.6. The Labute approximate surface area is 144 Å². The fourth-order valence-electron chi connectivity index (χ4n) is 1.66. The average Bonchev–Trinajstić information content (AvgIpc) is 2.49. The van der Waals surface area contributed by atoms with Gasteiger partial charge in [0.05, 0.1) is 6.61 Å². The van der Waals surface area contributed by atoms with Crippen molar-refractivity contribution in [3.63, 3.8) is 0 Å². The Hall–Kier alpha value is -2.08. The molecule has 136 valence electrons. The van der Waals surface area contributed by atoms with Gasteiger partial charge in [-0.2, -0.15) is 0 Å². The van der Waals surface area contributed by atoms with Gasteiger partial charge >= 0.3 is 12.1 Å². The minimum atomic E-state index is -0.725. The summed E-state index contributed by atoms with van der Waals surface area (Å²) in [6.45, 7) is 5.85. The summed E-state index contributed by atoms with van der Waals surface area (Å²) in [6, 6.07) is 9.87. The standard InChI is InChI=1S/C13H18O3.C5H11NO2/c14-10-4-5-11-16-13(15)9-8-12-6-2-1-3-7-12;1-5(2,3)8-4(6)7/h1-3,6-7,14H,4-5,8-11H2;1-3H3,(H2,6,7). The Morgan fingerprint density at radius 1 is 1.12 bits per heavy atom. The van der Waals surface area contributed by atoms with Gasteiger partial charge in [0.25, 0.3) is 0 Å². The molecule has 1 aromatic carbocycles. The predicted octanol–water partition coefficient (Wildman–Crippen LogP) is 2.82. The van der Waals surface area contributed by atoms with Crippen LogP contribution in [0.2, 0.25) is 0 Å². The molecule has 3 N–H and O–H groups in total. The molecule has 0 saturated carbocycles. The molecule has 0 saturated heterocycles. The molecule has 0 atom stereocenters. The molecule has 24 heavy (non-hydrogen) atoms. The van der Waals surface area contributed by atoms with E-state index in [1.54, 1.807) is 20.8 Å². The zero-order valence-corrected chi connectivity index (χ0v) is 14.8. The number of ether oxygens (including phenoxy) is 2. The normalized spacial score (nSPS) is 10.3. The van der Waals surface area contributed by atoms with Gasteiger partial charge in [0.1, 0.15) is 5.60 Å². The van der Waals surface area contributed by atoms with E-state index in [1.165, 1.54) is 0 Å². The largest absolute Gasteiger partial charge is 0.466 e. The Kier molecular flexibility index (Phi) is 11.3. The van der Waals surface area contributed by atoms with Crippen LogP contribution in [0.3, 0.4) is 0 Å². The van der Waals surface area contributed by atoms with Crippen molar-refractivity contribution in [2.45, 2.75) is 52.1 Å². The molecule has 1 aromatic rings. The molecule has 0 fully saturated rings. The van der Waals surface area contributed by atoms with Crippen LogP contribution in [0.25, 0.3) is 0 Å². The molecule has 0 radical (unpaired) electrons. The zero-order chi connectivity index (χ0) is 18.4. The number of carbonyl (C=O) groups excluding carboxylic acids is 2. The molecule has 0 aliphatic carbocycles. The number of hydrogen-bond acceptors (Lipinski definition) is 5. The van der Waals surface area contributed by atoms with E-state index >= 15 is 0 Å². The summed E-state index contributed by atoms with van der Waals surface area (Å²) in [5.74, 6) is -0.165. The third-order valence-electron chi connectivity index (χ3n) is 2.68. The highest BCUT2D eigenvalue weighted by Crippen LogP contribution is 2.05. The number of unbranched alkanes of at least 4 members (excludes halogenated alkanes) is 1. The first-order valence-electron chi connectivity index (χ1n) is 8.03. The molecular formula is C18H29NO5. The van der Waals surface area contributed by atoms with Crippen LogP contribution in [0.4, 0.5) is 4.79 Å². The number of nitrogens with two attached hydrogens (primary N) is 1. The second-order valence-corrected chi connectivity index (χ2v) is 6.17. The van der Waals surface area contributed by atoms with Crippen LogP contribution in [0.15, 0.2) is 30.3 Å². The smallest absolute Gasteiger partial charge is 0.405 e. The number of esters is 1.